The van der Waals surface area contributed by atoms with Crippen LogP contribution in [0, 0.1) is 0 Å². The number of carbonyl (C=O) groups excluding carboxylic acids is 1. The number of aromatic hydroxyl groups is 1. The molecule has 5 rings (SSSR count). The van der Waals surface area contributed by atoms with Gasteiger partial charge in [-0.3, -0.25) is 14.6 Å². The smallest absolute Gasteiger partial charge is 0.265 e. The van der Waals surface area contributed by atoms with Crippen LogP contribution < -0.4 is 20.3 Å². The number of carbonyl (C=O) groups is 1. The van der Waals surface area contributed by atoms with E-state index in [1.807, 2.05) is 18.2 Å². The average molecular weight is 443 g/mol. The van der Waals surface area contributed by atoms with Crippen molar-refractivity contribution in [2.45, 2.75) is 12.5 Å². The van der Waals surface area contributed by atoms with E-state index >= 15 is 0 Å². The molecule has 0 radical (unpaired) electrons. The number of aromatic nitrogens is 2. The van der Waals surface area contributed by atoms with Crippen LogP contribution in [0.2, 0.25) is 0 Å². The summed E-state index contributed by atoms with van der Waals surface area (Å²) < 4.78 is 12.3. The van der Waals surface area contributed by atoms with Crippen molar-refractivity contribution in [3.8, 4) is 17.2 Å². The van der Waals surface area contributed by atoms with Gasteiger partial charge < -0.3 is 24.5 Å². The van der Waals surface area contributed by atoms with Crippen LogP contribution in [0.4, 0.5) is 5.69 Å². The lowest BCUT2D eigenvalue weighted by molar-refractivity contribution is 0.0972. The maximum Gasteiger partial charge on any atom is 0.265 e. The van der Waals surface area contributed by atoms with Crippen LogP contribution in [0.1, 0.15) is 28.4 Å². The highest BCUT2D eigenvalue weighted by Gasteiger charge is 2.26. The molecule has 0 fully saturated rings. The van der Waals surface area contributed by atoms with Gasteiger partial charge in [-0.15, -0.1) is 0 Å². The monoisotopic (exact) mass is 443 g/mol. The van der Waals surface area contributed by atoms with Crippen LogP contribution in [0.5, 0.6) is 17.2 Å². The van der Waals surface area contributed by atoms with Crippen molar-refractivity contribution in [3.63, 3.8) is 0 Å². The third-order valence-corrected chi connectivity index (χ3v) is 5.75. The highest BCUT2D eigenvalue weighted by atomic mass is 16.7. The van der Waals surface area contributed by atoms with Gasteiger partial charge in [0.15, 0.2) is 17.3 Å². The number of nitrogens with one attached hydrogen (secondary N) is 1. The van der Waals surface area contributed by atoms with Crippen LogP contribution in [-0.4, -0.2) is 27.2 Å². The number of benzene rings is 2. The summed E-state index contributed by atoms with van der Waals surface area (Å²) in [4.78, 5) is 30.5. The summed E-state index contributed by atoms with van der Waals surface area (Å²) in [6.07, 6.45) is 3.23. The Morgan fingerprint density at radius 3 is 2.79 bits per heavy atom. The number of rotatable bonds is 6. The number of pyridine rings is 2. The fraction of sp³-hybridized carbons (Fsp3) is 0.160. The molecule has 33 heavy (non-hydrogen) atoms. The van der Waals surface area contributed by atoms with Crippen molar-refractivity contribution in [2.75, 3.05) is 12.1 Å². The summed E-state index contributed by atoms with van der Waals surface area (Å²) in [7, 11) is 1.59. The number of ketones is 1. The molecule has 1 aliphatic heterocycles. The topological polar surface area (TPSA) is 103 Å². The Hall–Kier alpha value is -4.33. The summed E-state index contributed by atoms with van der Waals surface area (Å²) in [5, 5.41) is 14.6. The molecule has 0 bridgehead atoms. The number of aryl methyl sites for hydroxylation is 1. The Morgan fingerprint density at radius 1 is 1.15 bits per heavy atom. The second-order valence-electron chi connectivity index (χ2n) is 7.78. The fourth-order valence-electron chi connectivity index (χ4n) is 4.05. The number of hydrogen-bond acceptors (Lipinski definition) is 7. The number of nitrogens with zero attached hydrogens (tertiary/aromatic N) is 2. The van der Waals surface area contributed by atoms with Gasteiger partial charge in [0.1, 0.15) is 11.3 Å². The molecular formula is C25H21N3O5. The number of Topliss-reactive ketones (excluding diaryl/α,β-unsaturated/α-hetero) is 1. The quantitative estimate of drug-likeness (QED) is 0.437. The predicted molar refractivity (Wildman–Crippen MR) is 123 cm³/mol. The number of ether oxygens (including phenoxy) is 2. The number of anilines is 1. The third kappa shape index (κ3) is 3.76. The van der Waals surface area contributed by atoms with Gasteiger partial charge in [-0.2, -0.15) is 0 Å². The minimum Gasteiger partial charge on any atom is -0.506 e. The van der Waals surface area contributed by atoms with E-state index < -0.39 is 17.4 Å². The van der Waals surface area contributed by atoms with Crippen molar-refractivity contribution < 1.29 is 19.4 Å². The van der Waals surface area contributed by atoms with Crippen molar-refractivity contribution >= 4 is 22.4 Å². The maximum absolute atomic E-state index is 13.4. The van der Waals surface area contributed by atoms with E-state index in [-0.39, 0.29) is 24.5 Å². The van der Waals surface area contributed by atoms with Crippen LogP contribution >= 0.6 is 0 Å². The minimum absolute atomic E-state index is 0.0737. The zero-order valence-electron chi connectivity index (χ0n) is 17.8. The molecule has 1 atom stereocenters. The van der Waals surface area contributed by atoms with E-state index in [1.54, 1.807) is 55.8 Å². The molecule has 166 valence electrons. The molecule has 0 saturated carbocycles. The fourth-order valence-corrected chi connectivity index (χ4v) is 4.05. The molecule has 4 aromatic rings. The Kier molecular flexibility index (Phi) is 5.18. The SMILES string of the molecule is Cn1c(=O)c(C(=O)C[C@H](Nc2cccnc2)c2ccc3c(c2)OCO3)c(O)c2ccccc21. The molecule has 1 aliphatic rings. The first-order valence-corrected chi connectivity index (χ1v) is 10.4. The molecule has 0 saturated heterocycles. The molecule has 2 N–H and O–H groups in total. The lowest BCUT2D eigenvalue weighted by Gasteiger charge is -2.20. The Labute approximate surface area is 189 Å². The number of para-hydroxylation sites is 1. The van der Waals surface area contributed by atoms with Crippen molar-refractivity contribution in [3.05, 3.63) is 88.5 Å². The van der Waals surface area contributed by atoms with Gasteiger partial charge in [0.25, 0.3) is 5.56 Å². The molecule has 2 aromatic heterocycles. The van der Waals surface area contributed by atoms with Crippen LogP contribution in [0.3, 0.4) is 0 Å². The van der Waals surface area contributed by atoms with E-state index in [0.29, 0.717) is 28.1 Å². The van der Waals surface area contributed by atoms with E-state index in [4.69, 9.17) is 9.47 Å². The molecule has 3 heterocycles. The second-order valence-corrected chi connectivity index (χ2v) is 7.78. The predicted octanol–water partition coefficient (Wildman–Crippen LogP) is 3.79. The highest BCUT2D eigenvalue weighted by Crippen LogP contribution is 2.36. The lowest BCUT2D eigenvalue weighted by atomic mass is 9.96. The summed E-state index contributed by atoms with van der Waals surface area (Å²) >= 11 is 0. The Morgan fingerprint density at radius 2 is 1.97 bits per heavy atom. The average Bonchev–Trinajstić information content (AvgIpc) is 3.31. The van der Waals surface area contributed by atoms with Crippen molar-refractivity contribution in [1.82, 2.24) is 9.55 Å². The van der Waals surface area contributed by atoms with Gasteiger partial charge in [-0.1, -0.05) is 18.2 Å². The summed E-state index contributed by atoms with van der Waals surface area (Å²) in [6.45, 7) is 0.138. The molecular weight excluding hydrogens is 422 g/mol. The lowest BCUT2D eigenvalue weighted by Crippen LogP contribution is -2.26. The Bertz CT molecular complexity index is 1420. The molecule has 0 unspecified atom stereocenters. The standard InChI is InChI=1S/C25H21N3O5/c1-28-19-7-3-2-6-17(19)24(30)23(25(28)31)20(29)12-18(27-16-5-4-10-26-13-16)15-8-9-21-22(11-15)33-14-32-21/h2-11,13,18,27,30H,12,14H2,1H3/t18-/m0/s1. The minimum atomic E-state index is -0.540. The van der Waals surface area contributed by atoms with Gasteiger partial charge in [-0.05, 0) is 42.0 Å². The zero-order valence-corrected chi connectivity index (χ0v) is 17.8. The zero-order chi connectivity index (χ0) is 22.9. The third-order valence-electron chi connectivity index (χ3n) is 5.75. The highest BCUT2D eigenvalue weighted by molar-refractivity contribution is 6.03. The van der Waals surface area contributed by atoms with Gasteiger partial charge in [0, 0.05) is 31.2 Å². The molecule has 2 aromatic carbocycles. The van der Waals surface area contributed by atoms with E-state index in [1.165, 1.54) is 4.57 Å². The molecule has 0 spiro atoms. The molecule has 0 aliphatic carbocycles. The summed E-state index contributed by atoms with van der Waals surface area (Å²) in [5.41, 5.74) is 1.27. The van der Waals surface area contributed by atoms with Crippen LogP contribution in [-0.2, 0) is 7.05 Å². The first kappa shape index (κ1) is 20.6. The Balaban J connectivity index is 1.54. The molecule has 8 nitrogen and oxygen atoms in total. The molecule has 8 heteroatoms. The van der Waals surface area contributed by atoms with Crippen LogP contribution in [0.15, 0.2) is 71.8 Å². The summed E-state index contributed by atoms with van der Waals surface area (Å²) in [5.74, 6) is 0.441. The number of fused-ring (bicyclic) bond motifs is 2. The van der Waals surface area contributed by atoms with Gasteiger partial charge >= 0.3 is 0 Å². The first-order valence-electron chi connectivity index (χ1n) is 10.4. The van der Waals surface area contributed by atoms with Crippen LogP contribution in [0.25, 0.3) is 10.9 Å². The number of hydrogen-bond donors (Lipinski definition) is 2. The summed E-state index contributed by atoms with van der Waals surface area (Å²) in [6, 6.07) is 15.5. The van der Waals surface area contributed by atoms with Gasteiger partial charge in [0.05, 0.1) is 17.2 Å². The first-order chi connectivity index (χ1) is 16.0. The second kappa shape index (κ2) is 8.31. The largest absolute Gasteiger partial charge is 0.506 e. The molecule has 0 amide bonds. The van der Waals surface area contributed by atoms with E-state index in [9.17, 15) is 14.7 Å². The van der Waals surface area contributed by atoms with E-state index in [2.05, 4.69) is 10.3 Å². The van der Waals surface area contributed by atoms with Crippen molar-refractivity contribution in [2.24, 2.45) is 7.05 Å². The van der Waals surface area contributed by atoms with Gasteiger partial charge in [-0.25, -0.2) is 0 Å². The van der Waals surface area contributed by atoms with Gasteiger partial charge in [0.2, 0.25) is 6.79 Å². The van der Waals surface area contributed by atoms with E-state index in [0.717, 1.165) is 5.56 Å². The van der Waals surface area contributed by atoms with Crippen molar-refractivity contribution in [1.29, 1.82) is 0 Å². The normalized spacial score (nSPS) is 13.1. The maximum atomic E-state index is 13.4.